The molecule has 0 saturated heterocycles. The van der Waals surface area contributed by atoms with Gasteiger partial charge in [0.1, 0.15) is 28.6 Å². The van der Waals surface area contributed by atoms with Crippen molar-refractivity contribution in [3.05, 3.63) is 84.4 Å². The highest BCUT2D eigenvalue weighted by molar-refractivity contribution is 6.84. The molecule has 0 radical (unpaired) electrons. The first-order chi connectivity index (χ1) is 31.3. The summed E-state index contributed by atoms with van der Waals surface area (Å²) in [5.74, 6) is 1.75. The SMILES string of the molecule is C=C(C)C(=O)OCCCC[Si](C)(C)O[Si](C)(C)CCCCCOc1cc(OCCCCCCCC)ccc1C(=O)Oc1ccc(-c2ccc(OCCCCCCCCCCC)cc2)cc1. The Morgan fingerprint density at radius 3 is 1.43 bits per heavy atom. The third-order valence-corrected chi connectivity index (χ3v) is 19.2. The van der Waals surface area contributed by atoms with Gasteiger partial charge >= 0.3 is 11.9 Å². The highest BCUT2D eigenvalue weighted by Gasteiger charge is 2.32. The number of unbranched alkanes of at least 4 members (excludes halogenated alkanes) is 16. The zero-order chi connectivity index (χ0) is 47.2. The largest absolute Gasteiger partial charge is 0.494 e. The van der Waals surface area contributed by atoms with E-state index in [1.165, 1.54) is 77.0 Å². The predicted molar refractivity (Wildman–Crippen MR) is 275 cm³/mol. The van der Waals surface area contributed by atoms with Crippen LogP contribution in [0, 0.1) is 0 Å². The minimum Gasteiger partial charge on any atom is -0.494 e. The average molecular weight is 931 g/mol. The second kappa shape index (κ2) is 31.9. The lowest BCUT2D eigenvalue weighted by Crippen LogP contribution is -2.44. The topological polar surface area (TPSA) is 89.5 Å². The van der Waals surface area contributed by atoms with E-state index in [2.05, 4.69) is 58.7 Å². The molecule has 0 heterocycles. The molecule has 0 aliphatic heterocycles. The molecule has 0 atom stereocenters. The normalized spacial score (nSPS) is 11.6. The van der Waals surface area contributed by atoms with E-state index in [-0.39, 0.29) is 5.97 Å². The fourth-order valence-electron chi connectivity index (χ4n) is 7.98. The first-order valence-corrected chi connectivity index (χ1v) is 31.5. The molecule has 0 aliphatic carbocycles. The molecule has 0 fully saturated rings. The third-order valence-electron chi connectivity index (χ3n) is 11.7. The van der Waals surface area contributed by atoms with Gasteiger partial charge in [0.15, 0.2) is 16.6 Å². The van der Waals surface area contributed by atoms with Gasteiger partial charge in [-0.1, -0.05) is 147 Å². The Hall–Kier alpha value is -3.87. The summed E-state index contributed by atoms with van der Waals surface area (Å²) in [5, 5.41) is 0. The smallest absolute Gasteiger partial charge is 0.347 e. The maximum Gasteiger partial charge on any atom is 0.347 e. The molecule has 362 valence electrons. The van der Waals surface area contributed by atoms with Crippen LogP contribution < -0.4 is 18.9 Å². The van der Waals surface area contributed by atoms with E-state index in [4.69, 9.17) is 27.8 Å². The van der Waals surface area contributed by atoms with E-state index in [1.54, 1.807) is 13.0 Å². The fourth-order valence-corrected chi connectivity index (χ4v) is 17.0. The zero-order valence-electron chi connectivity index (χ0n) is 41.7. The minimum absolute atomic E-state index is 0.318. The van der Waals surface area contributed by atoms with Crippen molar-refractivity contribution in [3.8, 4) is 34.1 Å². The van der Waals surface area contributed by atoms with Gasteiger partial charge in [-0.25, -0.2) is 9.59 Å². The van der Waals surface area contributed by atoms with Gasteiger partial charge in [-0.05, 0) is 118 Å². The first kappa shape index (κ1) is 55.5. The summed E-state index contributed by atoms with van der Waals surface area (Å²) in [6.07, 6.45) is 23.6. The van der Waals surface area contributed by atoms with Crippen LogP contribution in [0.25, 0.3) is 11.1 Å². The van der Waals surface area contributed by atoms with Crippen molar-refractivity contribution in [2.45, 2.75) is 187 Å². The maximum atomic E-state index is 13.7. The van der Waals surface area contributed by atoms with Gasteiger partial charge in [0.25, 0.3) is 0 Å². The molecule has 0 amide bonds. The van der Waals surface area contributed by atoms with Crippen LogP contribution in [0.2, 0.25) is 38.3 Å². The second-order valence-electron chi connectivity index (χ2n) is 19.0. The summed E-state index contributed by atoms with van der Waals surface area (Å²) in [6.45, 7) is 21.3. The van der Waals surface area contributed by atoms with Gasteiger partial charge in [-0.15, -0.1) is 0 Å². The predicted octanol–water partition coefficient (Wildman–Crippen LogP) is 16.1. The van der Waals surface area contributed by atoms with E-state index in [0.717, 1.165) is 86.9 Å². The standard InChI is InChI=1S/C55H86O8Si2/c1-9-11-13-15-17-18-19-21-23-39-58-49-33-29-47(30-34-49)48-31-35-50(36-32-48)62-55(57)52-38-37-51(59-40-24-20-16-14-12-10-2)45-53(52)60-41-25-22-27-43-64(5,6)63-65(7,8)44-28-26-42-61-54(56)46(3)4/h29-38,45H,3,9-28,39-44H2,1-2,4-8H3. The summed E-state index contributed by atoms with van der Waals surface area (Å²) in [4.78, 5) is 25.3. The number of carbonyl (C=O) groups is 2. The quantitative estimate of drug-likeness (QED) is 0.0186. The van der Waals surface area contributed by atoms with Crippen molar-refractivity contribution in [1.29, 1.82) is 0 Å². The van der Waals surface area contributed by atoms with Crippen molar-refractivity contribution in [2.24, 2.45) is 0 Å². The number of rotatable bonds is 37. The number of hydrogen-bond donors (Lipinski definition) is 0. The Balaban J connectivity index is 1.50. The molecular weight excluding hydrogens is 845 g/mol. The van der Waals surface area contributed by atoms with Gasteiger partial charge in [-0.2, -0.15) is 0 Å². The van der Waals surface area contributed by atoms with E-state index in [1.807, 2.05) is 48.5 Å². The van der Waals surface area contributed by atoms with E-state index in [0.29, 0.717) is 48.2 Å². The van der Waals surface area contributed by atoms with Crippen LogP contribution in [0.5, 0.6) is 23.0 Å². The summed E-state index contributed by atoms with van der Waals surface area (Å²) >= 11 is 0. The molecule has 0 spiro atoms. The molecule has 65 heavy (non-hydrogen) atoms. The van der Waals surface area contributed by atoms with Crippen molar-refractivity contribution in [3.63, 3.8) is 0 Å². The molecule has 0 unspecified atom stereocenters. The number of carbonyl (C=O) groups excluding carboxylic acids is 2. The number of esters is 2. The lowest BCUT2D eigenvalue weighted by Gasteiger charge is -2.34. The average Bonchev–Trinajstić information content (AvgIpc) is 3.27. The second-order valence-corrected chi connectivity index (χ2v) is 27.9. The lowest BCUT2D eigenvalue weighted by atomic mass is 10.1. The molecule has 0 bridgehead atoms. The van der Waals surface area contributed by atoms with Crippen LogP contribution >= 0.6 is 0 Å². The van der Waals surface area contributed by atoms with Crippen molar-refractivity contribution in [1.82, 2.24) is 0 Å². The Bertz CT molecular complexity index is 1770. The van der Waals surface area contributed by atoms with E-state index in [9.17, 15) is 9.59 Å². The summed E-state index contributed by atoms with van der Waals surface area (Å²) < 4.78 is 36.5. The Kier molecular flexibility index (Phi) is 27.3. The lowest BCUT2D eigenvalue weighted by molar-refractivity contribution is -0.139. The molecule has 8 nitrogen and oxygen atoms in total. The zero-order valence-corrected chi connectivity index (χ0v) is 43.7. The van der Waals surface area contributed by atoms with Crippen LogP contribution in [0.15, 0.2) is 78.9 Å². The van der Waals surface area contributed by atoms with Crippen molar-refractivity contribution >= 4 is 28.6 Å². The van der Waals surface area contributed by atoms with Gasteiger partial charge in [0.05, 0.1) is 26.4 Å². The Morgan fingerprint density at radius 1 is 0.492 bits per heavy atom. The van der Waals surface area contributed by atoms with Gasteiger partial charge in [0, 0.05) is 11.6 Å². The number of benzene rings is 3. The van der Waals surface area contributed by atoms with E-state index < -0.39 is 22.6 Å². The van der Waals surface area contributed by atoms with Gasteiger partial charge in [0.2, 0.25) is 0 Å². The molecule has 3 aromatic carbocycles. The fraction of sp³-hybridized carbons (Fsp3) is 0.600. The van der Waals surface area contributed by atoms with Crippen LogP contribution in [-0.4, -0.2) is 55.0 Å². The summed E-state index contributed by atoms with van der Waals surface area (Å²) in [5.41, 5.74) is 2.92. The third kappa shape index (κ3) is 24.5. The van der Waals surface area contributed by atoms with Crippen LogP contribution in [0.1, 0.15) is 160 Å². The van der Waals surface area contributed by atoms with Crippen LogP contribution in [-0.2, 0) is 13.6 Å². The van der Waals surface area contributed by atoms with Crippen LogP contribution in [0.3, 0.4) is 0 Å². The molecule has 3 rings (SSSR count). The molecular formula is C55H86O8Si2. The summed E-state index contributed by atoms with van der Waals surface area (Å²) in [6, 6.07) is 23.4. The highest BCUT2D eigenvalue weighted by Crippen LogP contribution is 2.30. The molecule has 0 N–H and O–H groups in total. The van der Waals surface area contributed by atoms with Crippen molar-refractivity contribution < 1.29 is 37.4 Å². The van der Waals surface area contributed by atoms with Gasteiger partial charge in [-0.3, -0.25) is 0 Å². The molecule has 0 aliphatic rings. The Morgan fingerprint density at radius 2 is 0.908 bits per heavy atom. The van der Waals surface area contributed by atoms with Crippen molar-refractivity contribution in [2.75, 3.05) is 26.4 Å². The maximum absolute atomic E-state index is 13.7. The molecule has 3 aromatic rings. The number of ether oxygens (including phenoxy) is 5. The monoisotopic (exact) mass is 931 g/mol. The van der Waals surface area contributed by atoms with Gasteiger partial charge < -0.3 is 27.8 Å². The molecule has 0 aromatic heterocycles. The Labute approximate surface area is 396 Å². The van der Waals surface area contributed by atoms with E-state index >= 15 is 0 Å². The number of hydrogen-bond acceptors (Lipinski definition) is 8. The molecule has 0 saturated carbocycles. The highest BCUT2D eigenvalue weighted by atomic mass is 28.4. The minimum atomic E-state index is -1.86. The van der Waals surface area contributed by atoms with Crippen LogP contribution in [0.4, 0.5) is 0 Å². The summed E-state index contributed by atoms with van der Waals surface area (Å²) in [7, 11) is -3.70. The molecule has 10 heteroatoms. The first-order valence-electron chi connectivity index (χ1n) is 25.3.